The number of pyridine rings is 3. The van der Waals surface area contributed by atoms with Crippen LogP contribution in [0, 0.1) is 50.1 Å². The van der Waals surface area contributed by atoms with Gasteiger partial charge in [0.1, 0.15) is 5.58 Å². The maximum Gasteiger partial charge on any atom is 3.00 e. The maximum atomic E-state index is 9.60. The van der Waals surface area contributed by atoms with E-state index < -0.39 is 64.5 Å². The van der Waals surface area contributed by atoms with Gasteiger partial charge in [0.05, 0.1) is 20.0 Å². The van der Waals surface area contributed by atoms with Crippen LogP contribution in [-0.4, -0.2) is 15.0 Å². The molecule has 0 radical (unpaired) electrons. The van der Waals surface area contributed by atoms with Gasteiger partial charge in [-0.2, -0.15) is 5.26 Å². The third-order valence-corrected chi connectivity index (χ3v) is 9.90. The summed E-state index contributed by atoms with van der Waals surface area (Å²) in [7, 11) is 0. The monoisotopic (exact) mass is 985 g/mol. The molecule has 0 atom stereocenters. The van der Waals surface area contributed by atoms with Crippen LogP contribution in [0.25, 0.3) is 55.7 Å². The van der Waals surface area contributed by atoms with Gasteiger partial charge < -0.3 is 19.4 Å². The summed E-state index contributed by atoms with van der Waals surface area (Å²) in [5.41, 5.74) is 0.182. The molecule has 0 unspecified atom stereocenters. The van der Waals surface area contributed by atoms with Crippen molar-refractivity contribution in [1.82, 2.24) is 15.0 Å². The first-order valence-corrected chi connectivity index (χ1v) is 18.9. The first-order valence-electron chi connectivity index (χ1n) is 27.4. The molecule has 298 valence electrons. The van der Waals surface area contributed by atoms with Crippen molar-refractivity contribution < 1.29 is 47.8 Å². The van der Waals surface area contributed by atoms with E-state index in [1.54, 1.807) is 54.6 Å². The van der Waals surface area contributed by atoms with Gasteiger partial charge >= 0.3 is 20.1 Å². The summed E-state index contributed by atoms with van der Waals surface area (Å²) in [6, 6.07) is 36.6. The standard InChI is InChI=1S/C55H43N4O.Ir/c1-36-25-51(43-11-6-4-7-12-43)57-33-45(36)21-17-39-28-40(18-22-46-34-58-52(26-37(46)2)44-13-8-5-9-14-44)30-41(29-39)19-23-47-35-59-53(27-38(47)3)50-16-10-15-49-48-24-20-42(32-56)31-54(48)60-55(49)50;/h4-11,13,15,20,24-31,33-35H,17-19,21-23H2,1-3H3;/q-3;+3/i1D3,2D3,3D3,20D,21D2,22D2,23D2,31D;. The van der Waals surface area contributed by atoms with Gasteiger partial charge in [0.2, 0.25) is 0 Å². The van der Waals surface area contributed by atoms with Crippen LogP contribution in [0.15, 0.2) is 138 Å². The van der Waals surface area contributed by atoms with E-state index >= 15 is 0 Å². The molecule has 0 aliphatic carbocycles. The molecule has 9 aromatic rings. The minimum Gasteiger partial charge on any atom is -0.501 e. The molecule has 5 aromatic carbocycles. The SMILES string of the molecule is [2H]c1cc2c(oc3c(-c4cc(C([2H])([2H])[2H])c(C([2H])([2H])Cc5cc(CC([2H])([2H])c6cnc(-c7[c-]cccc7)cc6C([2H])([2H])[2H])cc(CC([2H])([2H])c6cnc(-c7[c-]cccc7)cc6C([2H])([2H])[2H])c5)cn4)[c-]ccc32)c([2H])c1C#N.[Ir+3]. The van der Waals surface area contributed by atoms with E-state index in [0.29, 0.717) is 21.9 Å². The van der Waals surface area contributed by atoms with Gasteiger partial charge in [0.25, 0.3) is 0 Å². The second-order valence-electron chi connectivity index (χ2n) is 14.0. The van der Waals surface area contributed by atoms with Crippen molar-refractivity contribution >= 4 is 21.9 Å². The summed E-state index contributed by atoms with van der Waals surface area (Å²) < 4.78 is 156. The van der Waals surface area contributed by atoms with Crippen molar-refractivity contribution in [2.24, 2.45) is 0 Å². The summed E-state index contributed by atoms with van der Waals surface area (Å²) in [6.45, 7) is -8.56. The third-order valence-electron chi connectivity index (χ3n) is 9.90. The zero-order valence-corrected chi connectivity index (χ0v) is 34.6. The topological polar surface area (TPSA) is 75.6 Å². The molecule has 0 saturated carbocycles. The zero-order valence-electron chi connectivity index (χ0n) is 49.2. The summed E-state index contributed by atoms with van der Waals surface area (Å²) >= 11 is 0. The zero-order chi connectivity index (χ0) is 55.6. The Kier molecular flexibility index (Phi) is 7.63. The normalized spacial score (nSPS) is 16.5. The number of hydrogen-bond acceptors (Lipinski definition) is 5. The van der Waals surface area contributed by atoms with Crippen LogP contribution in [-0.2, 0) is 58.5 Å². The average Bonchev–Trinajstić information content (AvgIpc) is 3.79. The molecule has 0 bridgehead atoms. The molecule has 0 amide bonds. The predicted molar refractivity (Wildman–Crippen MR) is 240 cm³/mol. The summed E-state index contributed by atoms with van der Waals surface area (Å²) in [5, 5.41) is 10.4. The molecular weight excluding hydrogens is 925 g/mol. The molecular formula is C55H43IrN4O. The van der Waals surface area contributed by atoms with Crippen LogP contribution in [0.2, 0.25) is 0 Å². The van der Waals surface area contributed by atoms with Crippen molar-refractivity contribution in [1.29, 1.82) is 5.26 Å². The number of nitrogens with zero attached hydrogens (tertiary/aromatic N) is 4. The Morgan fingerprint density at radius 1 is 0.639 bits per heavy atom. The van der Waals surface area contributed by atoms with Crippen molar-refractivity contribution in [3.8, 4) is 39.8 Å². The number of benzene rings is 5. The van der Waals surface area contributed by atoms with Gasteiger partial charge in [-0.25, -0.2) is 0 Å². The predicted octanol–water partition coefficient (Wildman–Crippen LogP) is 12.3. The van der Waals surface area contributed by atoms with Gasteiger partial charge in [-0.05, 0) is 121 Å². The molecule has 4 heterocycles. The Bertz CT molecular complexity index is 3640. The second kappa shape index (κ2) is 18.4. The third kappa shape index (κ3) is 9.15. The Morgan fingerprint density at radius 3 is 1.66 bits per heavy atom. The smallest absolute Gasteiger partial charge is 0.501 e. The fourth-order valence-corrected chi connectivity index (χ4v) is 6.93. The van der Waals surface area contributed by atoms with E-state index in [-0.39, 0.29) is 116 Å². The Balaban J connectivity index is 0.00000803. The number of nitriles is 1. The first-order chi connectivity index (χ1) is 36.1. The number of fused-ring (bicyclic) bond motifs is 3. The van der Waals surface area contributed by atoms with E-state index in [0.717, 1.165) is 18.6 Å². The molecule has 0 fully saturated rings. The minimum atomic E-state index is -2.94. The molecule has 0 spiro atoms. The number of hydrogen-bond donors (Lipinski definition) is 0. The Hall–Kier alpha value is -6.51. The number of aromatic nitrogens is 3. The molecule has 5 nitrogen and oxygen atoms in total. The number of furan rings is 1. The Labute approximate surface area is 395 Å². The second-order valence-corrected chi connectivity index (χ2v) is 14.0. The summed E-state index contributed by atoms with van der Waals surface area (Å²) in [4.78, 5) is 13.3. The number of aryl methyl sites for hydroxylation is 9. The van der Waals surface area contributed by atoms with Crippen LogP contribution >= 0.6 is 0 Å². The van der Waals surface area contributed by atoms with E-state index in [1.807, 2.05) is 6.07 Å². The van der Waals surface area contributed by atoms with Crippen LogP contribution in [0.1, 0.15) is 78.9 Å². The Morgan fingerprint density at radius 2 is 1.16 bits per heavy atom. The van der Waals surface area contributed by atoms with Crippen molar-refractivity contribution in [2.45, 2.75) is 58.9 Å². The maximum absolute atomic E-state index is 9.60. The van der Waals surface area contributed by atoms with Gasteiger partial charge in [-0.15, -0.1) is 90.0 Å². The molecule has 0 saturated heterocycles. The average molecular weight is 985 g/mol. The van der Waals surface area contributed by atoms with Crippen LogP contribution < -0.4 is 0 Å². The first kappa shape index (κ1) is 25.3. The molecule has 6 heteroatoms. The van der Waals surface area contributed by atoms with Crippen molar-refractivity contribution in [3.63, 3.8) is 0 Å². The molecule has 9 rings (SSSR count). The largest absolute Gasteiger partial charge is 3.00 e. The van der Waals surface area contributed by atoms with Crippen LogP contribution in [0.4, 0.5) is 0 Å². The van der Waals surface area contributed by atoms with Crippen molar-refractivity contribution in [3.05, 3.63) is 208 Å². The molecule has 0 aliphatic rings. The fraction of sp³-hybridized carbons (Fsp3) is 0.164. The molecule has 0 N–H and O–H groups in total. The summed E-state index contributed by atoms with van der Waals surface area (Å²) in [5.74, 6) is 0. The quantitative estimate of drug-likeness (QED) is 0.114. The summed E-state index contributed by atoms with van der Waals surface area (Å²) in [6.07, 6.45) is -5.73. The van der Waals surface area contributed by atoms with Crippen LogP contribution in [0.3, 0.4) is 0 Å². The molecule has 0 aliphatic heterocycles. The van der Waals surface area contributed by atoms with Crippen LogP contribution in [0.5, 0.6) is 0 Å². The molecule has 4 aromatic heterocycles. The molecule has 61 heavy (non-hydrogen) atoms. The number of rotatable bonds is 12. The minimum absolute atomic E-state index is 0. The van der Waals surface area contributed by atoms with E-state index in [2.05, 4.69) is 33.2 Å². The van der Waals surface area contributed by atoms with Crippen molar-refractivity contribution in [2.75, 3.05) is 0 Å². The van der Waals surface area contributed by atoms with Gasteiger partial charge in [0, 0.05) is 44.5 Å². The van der Waals surface area contributed by atoms with Gasteiger partial charge in [0.15, 0.2) is 0 Å². The van der Waals surface area contributed by atoms with E-state index in [1.165, 1.54) is 48.5 Å². The van der Waals surface area contributed by atoms with E-state index in [9.17, 15) is 13.5 Å². The van der Waals surface area contributed by atoms with E-state index in [4.69, 9.17) is 19.5 Å². The fourth-order valence-electron chi connectivity index (χ4n) is 6.93. The van der Waals surface area contributed by atoms with Gasteiger partial charge in [-0.1, -0.05) is 70.1 Å². The van der Waals surface area contributed by atoms with Gasteiger partial charge in [-0.3, -0.25) is 0 Å².